The average Bonchev–Trinajstić information content (AvgIpc) is 3.01. The van der Waals surface area contributed by atoms with Gasteiger partial charge >= 0.3 is 0 Å². The monoisotopic (exact) mass is 404 g/mol. The van der Waals surface area contributed by atoms with Crippen molar-refractivity contribution in [3.8, 4) is 10.6 Å². The van der Waals surface area contributed by atoms with E-state index < -0.39 is 0 Å². The van der Waals surface area contributed by atoms with E-state index in [0.717, 1.165) is 30.9 Å². The van der Waals surface area contributed by atoms with Crippen molar-refractivity contribution in [3.63, 3.8) is 0 Å². The molecule has 0 amide bonds. The maximum absolute atomic E-state index is 4.81. The molecule has 0 saturated carbocycles. The van der Waals surface area contributed by atoms with Crippen LogP contribution >= 0.6 is 23.1 Å². The summed E-state index contributed by atoms with van der Waals surface area (Å²) in [5.74, 6) is 1.96. The van der Waals surface area contributed by atoms with Gasteiger partial charge in [-0.2, -0.15) is 11.8 Å². The lowest BCUT2D eigenvalue weighted by Gasteiger charge is -2.46. The summed E-state index contributed by atoms with van der Waals surface area (Å²) in [6, 6.07) is 6.82. The van der Waals surface area contributed by atoms with Crippen LogP contribution in [0.15, 0.2) is 24.4 Å². The maximum Gasteiger partial charge on any atom is 0.223 e. The van der Waals surface area contributed by atoms with Crippen LogP contribution in [0.1, 0.15) is 51.8 Å². The maximum atomic E-state index is 4.81. The molecule has 0 radical (unpaired) electrons. The van der Waals surface area contributed by atoms with E-state index in [1.165, 1.54) is 21.9 Å². The first kappa shape index (κ1) is 20.6. The molecule has 0 spiro atoms. The minimum atomic E-state index is 0.108. The van der Waals surface area contributed by atoms with E-state index in [9.17, 15) is 0 Å². The minimum Gasteiger partial charge on any atom is -0.351 e. The van der Waals surface area contributed by atoms with Crippen LogP contribution in [0.3, 0.4) is 0 Å². The zero-order chi connectivity index (χ0) is 19.5. The molecule has 1 aliphatic rings. The molecule has 3 heterocycles. The Balaban J connectivity index is 1.69. The summed E-state index contributed by atoms with van der Waals surface area (Å²) >= 11 is 3.77. The van der Waals surface area contributed by atoms with Gasteiger partial charge in [-0.3, -0.25) is 0 Å². The van der Waals surface area contributed by atoms with E-state index in [4.69, 9.17) is 4.98 Å². The van der Waals surface area contributed by atoms with Crippen molar-refractivity contribution in [2.75, 3.05) is 17.3 Å². The number of nitrogens with zero attached hydrogens (tertiary/aromatic N) is 2. The van der Waals surface area contributed by atoms with Crippen molar-refractivity contribution < 1.29 is 0 Å². The Kier molecular flexibility index (Phi) is 6.49. The molecule has 1 aliphatic heterocycles. The van der Waals surface area contributed by atoms with E-state index in [2.05, 4.69) is 61.7 Å². The van der Waals surface area contributed by atoms with E-state index in [-0.39, 0.29) is 11.1 Å². The topological polar surface area (TPSA) is 49.8 Å². The van der Waals surface area contributed by atoms with Gasteiger partial charge in [0.25, 0.3) is 0 Å². The number of thioether (sulfide) groups is 1. The first-order valence-corrected chi connectivity index (χ1v) is 11.9. The number of piperidine rings is 1. The molecule has 0 aromatic carbocycles. The molecule has 0 bridgehead atoms. The van der Waals surface area contributed by atoms with Gasteiger partial charge < -0.3 is 10.6 Å². The standard InChI is InChI=1S/C21H32N4S2/c1-20(2)13-15(14-21(3,4)25-20)23-19-22-11-10-17(24-19)18-9-8-16(27-18)7-6-12-26-5/h8-11,15,25H,6-7,12-14H2,1-5H3,(H,22,23,24). The molecule has 0 aliphatic carbocycles. The predicted octanol–water partition coefficient (Wildman–Crippen LogP) is 5.22. The zero-order valence-corrected chi connectivity index (χ0v) is 18.8. The third-order valence-electron chi connectivity index (χ3n) is 4.86. The highest BCUT2D eigenvalue weighted by Crippen LogP contribution is 2.31. The summed E-state index contributed by atoms with van der Waals surface area (Å²) < 4.78 is 0. The summed E-state index contributed by atoms with van der Waals surface area (Å²) in [5.41, 5.74) is 1.23. The molecule has 0 unspecified atom stereocenters. The summed E-state index contributed by atoms with van der Waals surface area (Å²) in [6.07, 6.45) is 8.54. The molecular weight excluding hydrogens is 372 g/mol. The van der Waals surface area contributed by atoms with Crippen LogP contribution in [0.4, 0.5) is 5.95 Å². The van der Waals surface area contributed by atoms with Gasteiger partial charge in [-0.05, 0) is 83.6 Å². The smallest absolute Gasteiger partial charge is 0.223 e. The predicted molar refractivity (Wildman–Crippen MR) is 120 cm³/mol. The van der Waals surface area contributed by atoms with Crippen LogP contribution in [0.5, 0.6) is 0 Å². The first-order valence-electron chi connectivity index (χ1n) is 9.73. The molecular formula is C21H32N4S2. The molecule has 6 heteroatoms. The Morgan fingerprint density at radius 2 is 1.93 bits per heavy atom. The van der Waals surface area contributed by atoms with Crippen LogP contribution in [-0.4, -0.2) is 39.1 Å². The number of anilines is 1. The van der Waals surface area contributed by atoms with Gasteiger partial charge in [-0.1, -0.05) is 0 Å². The van der Waals surface area contributed by atoms with Crippen molar-refractivity contribution in [1.82, 2.24) is 15.3 Å². The number of hydrogen-bond donors (Lipinski definition) is 2. The number of aryl methyl sites for hydroxylation is 1. The van der Waals surface area contributed by atoms with Crippen LogP contribution in [0.25, 0.3) is 10.6 Å². The highest BCUT2D eigenvalue weighted by molar-refractivity contribution is 7.98. The van der Waals surface area contributed by atoms with Crippen LogP contribution in [0.2, 0.25) is 0 Å². The van der Waals surface area contributed by atoms with E-state index in [1.807, 2.05) is 35.4 Å². The van der Waals surface area contributed by atoms with Gasteiger partial charge in [0.2, 0.25) is 5.95 Å². The minimum absolute atomic E-state index is 0.108. The zero-order valence-electron chi connectivity index (χ0n) is 17.1. The van der Waals surface area contributed by atoms with Gasteiger partial charge in [0.1, 0.15) is 0 Å². The summed E-state index contributed by atoms with van der Waals surface area (Å²) in [7, 11) is 0. The summed E-state index contributed by atoms with van der Waals surface area (Å²) in [6.45, 7) is 9.07. The molecule has 1 saturated heterocycles. The van der Waals surface area contributed by atoms with Crippen molar-refractivity contribution in [2.24, 2.45) is 0 Å². The third-order valence-corrected chi connectivity index (χ3v) is 6.73. The van der Waals surface area contributed by atoms with Crippen LogP contribution in [-0.2, 0) is 6.42 Å². The second kappa shape index (κ2) is 8.50. The Hall–Kier alpha value is -1.11. The van der Waals surface area contributed by atoms with Gasteiger partial charge in [0.15, 0.2) is 0 Å². The Morgan fingerprint density at radius 3 is 2.63 bits per heavy atom. The summed E-state index contributed by atoms with van der Waals surface area (Å²) in [4.78, 5) is 12.0. The van der Waals surface area contributed by atoms with Gasteiger partial charge in [-0.15, -0.1) is 11.3 Å². The molecule has 2 aromatic heterocycles. The Bertz CT molecular complexity index is 738. The highest BCUT2D eigenvalue weighted by Gasteiger charge is 2.37. The molecule has 3 rings (SSSR count). The van der Waals surface area contributed by atoms with Crippen molar-refractivity contribution in [2.45, 2.75) is 70.5 Å². The van der Waals surface area contributed by atoms with Crippen molar-refractivity contribution in [1.29, 1.82) is 0 Å². The van der Waals surface area contributed by atoms with E-state index >= 15 is 0 Å². The fourth-order valence-corrected chi connectivity index (χ4v) is 5.67. The highest BCUT2D eigenvalue weighted by atomic mass is 32.2. The normalized spacial score (nSPS) is 19.1. The number of rotatable bonds is 7. The number of nitrogens with one attached hydrogen (secondary N) is 2. The number of thiophene rings is 1. The van der Waals surface area contributed by atoms with Crippen molar-refractivity contribution >= 4 is 29.0 Å². The molecule has 0 atom stereocenters. The molecule has 2 aromatic rings. The lowest BCUT2D eigenvalue weighted by molar-refractivity contribution is 0.170. The van der Waals surface area contributed by atoms with Gasteiger partial charge in [0, 0.05) is 28.2 Å². The van der Waals surface area contributed by atoms with Gasteiger partial charge in [0.05, 0.1) is 10.6 Å². The SMILES string of the molecule is CSCCCc1ccc(-c2ccnc(NC3CC(C)(C)NC(C)(C)C3)n2)s1. The lowest BCUT2D eigenvalue weighted by Crippen LogP contribution is -2.60. The lowest BCUT2D eigenvalue weighted by atomic mass is 9.80. The average molecular weight is 405 g/mol. The molecule has 4 nitrogen and oxygen atoms in total. The van der Waals surface area contributed by atoms with E-state index in [1.54, 1.807) is 0 Å². The second-order valence-corrected chi connectivity index (χ2v) is 10.9. The quantitative estimate of drug-likeness (QED) is 0.620. The van der Waals surface area contributed by atoms with E-state index in [0.29, 0.717) is 6.04 Å². The van der Waals surface area contributed by atoms with Crippen LogP contribution in [0, 0.1) is 0 Å². The number of hydrogen-bond acceptors (Lipinski definition) is 6. The largest absolute Gasteiger partial charge is 0.351 e. The third kappa shape index (κ3) is 5.93. The second-order valence-electron chi connectivity index (χ2n) is 8.77. The van der Waals surface area contributed by atoms with Crippen LogP contribution < -0.4 is 10.6 Å². The first-order chi connectivity index (χ1) is 12.8. The molecule has 148 valence electrons. The fourth-order valence-electron chi connectivity index (χ4n) is 4.21. The fraction of sp³-hybridized carbons (Fsp3) is 0.619. The molecule has 1 fully saturated rings. The van der Waals surface area contributed by atoms with Gasteiger partial charge in [-0.25, -0.2) is 9.97 Å². The summed E-state index contributed by atoms with van der Waals surface area (Å²) in [5, 5.41) is 7.32. The molecule has 27 heavy (non-hydrogen) atoms. The Morgan fingerprint density at radius 1 is 1.19 bits per heavy atom. The van der Waals surface area contributed by atoms with Crippen molar-refractivity contribution in [3.05, 3.63) is 29.3 Å². The molecule has 2 N–H and O–H groups in total. The Labute approximate surface area is 172 Å². The number of aromatic nitrogens is 2.